The van der Waals surface area contributed by atoms with Crippen molar-refractivity contribution in [3.8, 4) is 11.5 Å². The molecule has 0 saturated carbocycles. The molecule has 1 fully saturated rings. The molecule has 2 N–H and O–H groups in total. The summed E-state index contributed by atoms with van der Waals surface area (Å²) in [5.41, 5.74) is 4.57. The molecule has 8 nitrogen and oxygen atoms in total. The van der Waals surface area contributed by atoms with E-state index in [0.29, 0.717) is 28.3 Å². The summed E-state index contributed by atoms with van der Waals surface area (Å²) in [6.07, 6.45) is 1.49. The van der Waals surface area contributed by atoms with Crippen molar-refractivity contribution in [1.29, 1.82) is 0 Å². The molecule has 1 aliphatic heterocycles. The van der Waals surface area contributed by atoms with Gasteiger partial charge in [0.05, 0.1) is 18.4 Å². The number of anilines is 1. The van der Waals surface area contributed by atoms with Crippen molar-refractivity contribution in [1.82, 2.24) is 5.43 Å². The Morgan fingerprint density at radius 1 is 1.00 bits per heavy atom. The van der Waals surface area contributed by atoms with Gasteiger partial charge in [-0.1, -0.05) is 36.4 Å². The van der Waals surface area contributed by atoms with Crippen LogP contribution in [0.15, 0.2) is 78.4 Å². The van der Waals surface area contributed by atoms with Crippen LogP contribution in [-0.2, 0) is 16.2 Å². The van der Waals surface area contributed by atoms with Crippen LogP contribution in [0.1, 0.15) is 21.5 Å². The lowest BCUT2D eigenvalue weighted by Gasteiger charge is -2.14. The second-order valence-corrected chi connectivity index (χ2v) is 7.18. The van der Waals surface area contributed by atoms with E-state index < -0.39 is 17.8 Å². The van der Waals surface area contributed by atoms with Gasteiger partial charge in [0, 0.05) is 0 Å². The van der Waals surface area contributed by atoms with E-state index in [4.69, 9.17) is 14.6 Å². The van der Waals surface area contributed by atoms with Gasteiger partial charge < -0.3 is 14.6 Å². The highest BCUT2D eigenvalue weighted by atomic mass is 16.5. The number of amides is 2. The fourth-order valence-corrected chi connectivity index (χ4v) is 3.33. The second-order valence-electron chi connectivity index (χ2n) is 7.18. The highest BCUT2D eigenvalue weighted by molar-refractivity contribution is 6.31. The molecule has 0 atom stereocenters. The summed E-state index contributed by atoms with van der Waals surface area (Å²) in [6.45, 7) is 0.144. The molecule has 0 aromatic heterocycles. The molecule has 1 saturated heterocycles. The molecular weight excluding hydrogens is 424 g/mol. The van der Waals surface area contributed by atoms with Gasteiger partial charge in [-0.3, -0.25) is 15.0 Å². The van der Waals surface area contributed by atoms with Crippen LogP contribution in [0.2, 0.25) is 0 Å². The summed E-state index contributed by atoms with van der Waals surface area (Å²) >= 11 is 0. The van der Waals surface area contributed by atoms with Gasteiger partial charge in [0.1, 0.15) is 12.2 Å². The van der Waals surface area contributed by atoms with E-state index in [2.05, 4.69) is 5.43 Å². The zero-order chi connectivity index (χ0) is 23.4. The Bertz CT molecular complexity index is 1250. The highest BCUT2D eigenvalue weighted by Gasteiger charge is 2.34. The molecule has 4 rings (SSSR count). The van der Waals surface area contributed by atoms with Crippen LogP contribution < -0.4 is 19.9 Å². The Labute approximate surface area is 189 Å². The lowest BCUT2D eigenvalue weighted by Crippen LogP contribution is -2.35. The van der Waals surface area contributed by atoms with Crippen LogP contribution in [0.3, 0.4) is 0 Å². The largest absolute Gasteiger partial charge is 0.493 e. The van der Waals surface area contributed by atoms with Crippen molar-refractivity contribution >= 4 is 29.5 Å². The Morgan fingerprint density at radius 3 is 2.52 bits per heavy atom. The quantitative estimate of drug-likeness (QED) is 0.427. The first kappa shape index (κ1) is 21.6. The van der Waals surface area contributed by atoms with Crippen LogP contribution in [-0.4, -0.2) is 30.0 Å². The first-order valence-corrected chi connectivity index (χ1v) is 10.0. The number of methoxy groups -OCH3 is 1. The zero-order valence-electron chi connectivity index (χ0n) is 17.6. The number of para-hydroxylation sites is 1. The van der Waals surface area contributed by atoms with E-state index in [9.17, 15) is 14.4 Å². The molecule has 0 bridgehead atoms. The lowest BCUT2D eigenvalue weighted by atomic mass is 10.1. The number of hydrogen-bond acceptors (Lipinski definition) is 5. The number of carbonyl (C=O) groups excluding carboxylic acids is 2. The molecule has 0 radical (unpaired) electrons. The van der Waals surface area contributed by atoms with E-state index in [1.54, 1.807) is 54.6 Å². The number of hydrazine groups is 1. The maximum Gasteiger partial charge on any atom is 0.335 e. The van der Waals surface area contributed by atoms with E-state index in [1.807, 2.05) is 6.07 Å². The SMILES string of the molecule is COc1cc(/C=C2/C(=O)NN(c3ccccc3)C2=O)ccc1OCc1cccc(C(=O)O)c1. The maximum absolute atomic E-state index is 12.8. The summed E-state index contributed by atoms with van der Waals surface area (Å²) in [5, 5.41) is 10.3. The van der Waals surface area contributed by atoms with E-state index >= 15 is 0 Å². The molecule has 1 aliphatic rings. The fraction of sp³-hybridized carbons (Fsp3) is 0.0800. The van der Waals surface area contributed by atoms with Crippen LogP contribution >= 0.6 is 0 Å². The number of aromatic carboxylic acids is 1. The number of rotatable bonds is 7. The molecule has 3 aromatic carbocycles. The Morgan fingerprint density at radius 2 is 1.79 bits per heavy atom. The third-order valence-corrected chi connectivity index (χ3v) is 4.97. The van der Waals surface area contributed by atoms with Crippen molar-refractivity contribution in [3.05, 3.63) is 95.1 Å². The monoisotopic (exact) mass is 444 g/mol. The van der Waals surface area contributed by atoms with Gasteiger partial charge in [0.25, 0.3) is 11.8 Å². The molecule has 0 unspecified atom stereocenters. The summed E-state index contributed by atoms with van der Waals surface area (Å²) in [5.74, 6) is -1.12. The molecule has 1 heterocycles. The minimum atomic E-state index is -1.01. The molecule has 0 aliphatic carbocycles. The van der Waals surface area contributed by atoms with E-state index in [-0.39, 0.29) is 17.7 Å². The first-order chi connectivity index (χ1) is 16.0. The molecule has 166 valence electrons. The third kappa shape index (κ3) is 4.69. The molecule has 33 heavy (non-hydrogen) atoms. The van der Waals surface area contributed by atoms with Gasteiger partial charge in [0.2, 0.25) is 0 Å². The number of hydrogen-bond donors (Lipinski definition) is 2. The molecule has 2 amide bonds. The predicted octanol–water partition coefficient (Wildman–Crippen LogP) is 3.43. The molecule has 8 heteroatoms. The number of carboxylic acids is 1. The lowest BCUT2D eigenvalue weighted by molar-refractivity contribution is -0.117. The smallest absolute Gasteiger partial charge is 0.335 e. The second kappa shape index (κ2) is 9.27. The van der Waals surface area contributed by atoms with Crippen LogP contribution in [0.4, 0.5) is 5.69 Å². The van der Waals surface area contributed by atoms with Gasteiger partial charge in [-0.2, -0.15) is 0 Å². The minimum absolute atomic E-state index is 0.0000557. The Hall–Kier alpha value is -4.59. The van der Waals surface area contributed by atoms with Crippen LogP contribution in [0.25, 0.3) is 6.08 Å². The highest BCUT2D eigenvalue weighted by Crippen LogP contribution is 2.30. The van der Waals surface area contributed by atoms with E-state index in [1.165, 1.54) is 30.3 Å². The van der Waals surface area contributed by atoms with Crippen molar-refractivity contribution in [2.24, 2.45) is 0 Å². The van der Waals surface area contributed by atoms with Gasteiger partial charge in [0.15, 0.2) is 11.5 Å². The minimum Gasteiger partial charge on any atom is -0.493 e. The topological polar surface area (TPSA) is 105 Å². The zero-order valence-corrected chi connectivity index (χ0v) is 17.6. The number of nitrogens with zero attached hydrogens (tertiary/aromatic N) is 1. The van der Waals surface area contributed by atoms with Gasteiger partial charge in [-0.25, -0.2) is 9.80 Å². The number of ether oxygens (including phenoxy) is 2. The van der Waals surface area contributed by atoms with Gasteiger partial charge in [-0.15, -0.1) is 0 Å². The first-order valence-electron chi connectivity index (χ1n) is 10.0. The summed E-state index contributed by atoms with van der Waals surface area (Å²) in [7, 11) is 1.48. The van der Waals surface area contributed by atoms with E-state index in [0.717, 1.165) is 0 Å². The summed E-state index contributed by atoms with van der Waals surface area (Å²) < 4.78 is 11.2. The number of benzene rings is 3. The normalized spacial score (nSPS) is 14.3. The van der Waals surface area contributed by atoms with Gasteiger partial charge >= 0.3 is 5.97 Å². The van der Waals surface area contributed by atoms with Crippen molar-refractivity contribution < 1.29 is 29.0 Å². The van der Waals surface area contributed by atoms with Gasteiger partial charge in [-0.05, 0) is 53.6 Å². The fourth-order valence-electron chi connectivity index (χ4n) is 3.33. The van der Waals surface area contributed by atoms with Crippen LogP contribution in [0.5, 0.6) is 11.5 Å². The summed E-state index contributed by atoms with van der Waals surface area (Å²) in [4.78, 5) is 36.3. The summed E-state index contributed by atoms with van der Waals surface area (Å²) in [6, 6.07) is 20.3. The molecule has 3 aromatic rings. The van der Waals surface area contributed by atoms with Crippen LogP contribution in [0, 0.1) is 0 Å². The predicted molar refractivity (Wildman–Crippen MR) is 121 cm³/mol. The number of nitrogens with one attached hydrogen (secondary N) is 1. The number of carboxylic acid groups (broad SMARTS) is 1. The average Bonchev–Trinajstić information content (AvgIpc) is 3.12. The standard InChI is InChI=1S/C25H20N2O6/c1-32-22-14-16(10-11-21(22)33-15-17-6-5-7-18(12-17)25(30)31)13-20-23(28)26-27(24(20)29)19-8-3-2-4-9-19/h2-14H,15H2,1H3,(H,26,28)(H,30,31)/b20-13-. The average molecular weight is 444 g/mol. The van der Waals surface area contributed by atoms with Crippen molar-refractivity contribution in [2.45, 2.75) is 6.61 Å². The molecule has 0 spiro atoms. The molecular formula is C25H20N2O6. The third-order valence-electron chi connectivity index (χ3n) is 4.97. The Balaban J connectivity index is 1.52. The Kier molecular flexibility index (Phi) is 6.08. The van der Waals surface area contributed by atoms with Crippen molar-refractivity contribution in [3.63, 3.8) is 0 Å². The van der Waals surface area contributed by atoms with Crippen molar-refractivity contribution in [2.75, 3.05) is 12.1 Å². The number of carbonyl (C=O) groups is 3. The maximum atomic E-state index is 12.8.